The van der Waals surface area contributed by atoms with Crippen LogP contribution < -0.4 is 0 Å². The summed E-state index contributed by atoms with van der Waals surface area (Å²) in [6, 6.07) is 15.8. The first-order chi connectivity index (χ1) is 14.3. The molecule has 29 heavy (non-hydrogen) atoms. The predicted octanol–water partition coefficient (Wildman–Crippen LogP) is 4.78. The van der Waals surface area contributed by atoms with E-state index in [9.17, 15) is 5.11 Å². The first-order valence-electron chi connectivity index (χ1n) is 10.0. The predicted molar refractivity (Wildman–Crippen MR) is 113 cm³/mol. The molecule has 0 aliphatic heterocycles. The highest BCUT2D eigenvalue weighted by molar-refractivity contribution is 5.86. The second kappa shape index (κ2) is 6.24. The van der Waals surface area contributed by atoms with Crippen LogP contribution in [0.25, 0.3) is 33.9 Å². The number of phenols is 1. The second-order valence-electron chi connectivity index (χ2n) is 7.71. The van der Waals surface area contributed by atoms with E-state index in [0.29, 0.717) is 0 Å². The summed E-state index contributed by atoms with van der Waals surface area (Å²) in [7, 11) is 0. The molecule has 0 bridgehead atoms. The lowest BCUT2D eigenvalue weighted by atomic mass is 9.80. The topological polar surface area (TPSA) is 58.9 Å². The van der Waals surface area contributed by atoms with Gasteiger partial charge in [0.1, 0.15) is 5.75 Å². The molecule has 3 heterocycles. The summed E-state index contributed by atoms with van der Waals surface area (Å²) < 4.78 is 0. The molecule has 0 fully saturated rings. The van der Waals surface area contributed by atoms with Crippen LogP contribution >= 0.6 is 0 Å². The van der Waals surface area contributed by atoms with Crippen LogP contribution in [0.5, 0.6) is 5.75 Å². The fourth-order valence-corrected chi connectivity index (χ4v) is 4.75. The Labute approximate surface area is 169 Å². The number of phenolic OH excluding ortho intramolecular Hbond substituents is 1. The van der Waals surface area contributed by atoms with Gasteiger partial charge in [0.15, 0.2) is 0 Å². The summed E-state index contributed by atoms with van der Waals surface area (Å²) >= 11 is 0. The van der Waals surface area contributed by atoms with E-state index in [1.807, 2.05) is 36.7 Å². The number of fused-ring (bicyclic) bond motifs is 6. The molecule has 4 nitrogen and oxygen atoms in total. The molecule has 0 spiro atoms. The lowest BCUT2D eigenvalue weighted by Crippen LogP contribution is -2.16. The quantitative estimate of drug-likeness (QED) is 0.519. The van der Waals surface area contributed by atoms with Crippen molar-refractivity contribution in [2.75, 3.05) is 0 Å². The van der Waals surface area contributed by atoms with Gasteiger partial charge < -0.3 is 5.11 Å². The number of rotatable bonds is 1. The van der Waals surface area contributed by atoms with Crippen molar-refractivity contribution in [3.05, 3.63) is 83.2 Å². The average molecular weight is 377 g/mol. The Balaban J connectivity index is 1.71. The van der Waals surface area contributed by atoms with Crippen molar-refractivity contribution in [1.29, 1.82) is 0 Å². The zero-order chi connectivity index (χ0) is 19.4. The molecule has 2 aliphatic carbocycles. The SMILES string of the molecule is Oc1ccc(-c2c3c(nc4c2CCc2cccnc2-4)-c2ncccc2CC3)cc1. The normalized spacial score (nSPS) is 13.8. The number of pyridine rings is 3. The highest BCUT2D eigenvalue weighted by atomic mass is 16.3. The molecule has 4 heteroatoms. The highest BCUT2D eigenvalue weighted by Crippen LogP contribution is 2.44. The van der Waals surface area contributed by atoms with Crippen LogP contribution in [0.4, 0.5) is 0 Å². The number of hydrogen-bond donors (Lipinski definition) is 1. The number of nitrogens with zero attached hydrogens (tertiary/aromatic N) is 3. The first kappa shape index (κ1) is 16.4. The van der Waals surface area contributed by atoms with Crippen molar-refractivity contribution in [3.8, 4) is 39.7 Å². The Bertz CT molecular complexity index is 1190. The molecule has 1 N–H and O–H groups in total. The largest absolute Gasteiger partial charge is 0.508 e. The fourth-order valence-electron chi connectivity index (χ4n) is 4.75. The summed E-state index contributed by atoms with van der Waals surface area (Å²) in [5.74, 6) is 0.282. The third-order valence-corrected chi connectivity index (χ3v) is 6.07. The van der Waals surface area contributed by atoms with Crippen molar-refractivity contribution in [2.45, 2.75) is 25.7 Å². The van der Waals surface area contributed by atoms with Crippen LogP contribution in [-0.4, -0.2) is 20.1 Å². The zero-order valence-electron chi connectivity index (χ0n) is 15.9. The minimum absolute atomic E-state index is 0.282. The molecule has 0 saturated heterocycles. The molecular weight excluding hydrogens is 358 g/mol. The van der Waals surface area contributed by atoms with Crippen molar-refractivity contribution < 1.29 is 5.11 Å². The van der Waals surface area contributed by atoms with Gasteiger partial charge in [0, 0.05) is 12.4 Å². The van der Waals surface area contributed by atoms with Gasteiger partial charge >= 0.3 is 0 Å². The van der Waals surface area contributed by atoms with Crippen LogP contribution in [-0.2, 0) is 25.7 Å². The monoisotopic (exact) mass is 377 g/mol. The Kier molecular flexibility index (Phi) is 3.54. The van der Waals surface area contributed by atoms with Crippen LogP contribution in [0.2, 0.25) is 0 Å². The summed E-state index contributed by atoms with van der Waals surface area (Å²) in [6.07, 6.45) is 7.52. The number of aromatic hydroxyl groups is 1. The van der Waals surface area contributed by atoms with Crippen LogP contribution in [0.3, 0.4) is 0 Å². The van der Waals surface area contributed by atoms with Gasteiger partial charge in [-0.1, -0.05) is 24.3 Å². The minimum Gasteiger partial charge on any atom is -0.508 e. The van der Waals surface area contributed by atoms with Gasteiger partial charge in [-0.15, -0.1) is 0 Å². The van der Waals surface area contributed by atoms with Crippen molar-refractivity contribution in [1.82, 2.24) is 15.0 Å². The van der Waals surface area contributed by atoms with Gasteiger partial charge in [0.25, 0.3) is 0 Å². The van der Waals surface area contributed by atoms with E-state index in [1.54, 1.807) is 12.1 Å². The van der Waals surface area contributed by atoms with Gasteiger partial charge in [0.05, 0.1) is 22.8 Å². The third kappa shape index (κ3) is 2.49. The van der Waals surface area contributed by atoms with Crippen LogP contribution in [0, 0.1) is 0 Å². The molecule has 1 aromatic carbocycles. The van der Waals surface area contributed by atoms with E-state index in [4.69, 9.17) is 15.0 Å². The lowest BCUT2D eigenvalue weighted by Gasteiger charge is -2.28. The van der Waals surface area contributed by atoms with E-state index < -0.39 is 0 Å². The second-order valence-corrected chi connectivity index (χ2v) is 7.71. The van der Waals surface area contributed by atoms with E-state index in [2.05, 4.69) is 12.1 Å². The first-order valence-corrected chi connectivity index (χ1v) is 10.0. The van der Waals surface area contributed by atoms with Crippen LogP contribution in [0.1, 0.15) is 22.3 Å². The maximum absolute atomic E-state index is 9.81. The molecule has 4 aromatic rings. The standard InChI is InChI=1S/C25H19N3O/c29-18-9-5-15(6-10-18)21-19-11-7-16-3-1-13-26-22(16)24(19)28-25-20(21)12-8-17-4-2-14-27-23(17)25/h1-6,9-10,13-14,29H,7-8,11-12H2. The van der Waals surface area contributed by atoms with Gasteiger partial charge in [-0.3, -0.25) is 9.97 Å². The highest BCUT2D eigenvalue weighted by Gasteiger charge is 2.29. The van der Waals surface area contributed by atoms with Gasteiger partial charge in [-0.25, -0.2) is 4.98 Å². The summed E-state index contributed by atoms with van der Waals surface area (Å²) in [5, 5.41) is 9.81. The van der Waals surface area contributed by atoms with Crippen LogP contribution in [0.15, 0.2) is 60.9 Å². The molecule has 140 valence electrons. The minimum atomic E-state index is 0.282. The number of aryl methyl sites for hydroxylation is 2. The molecule has 0 amide bonds. The molecule has 3 aromatic heterocycles. The maximum atomic E-state index is 9.81. The van der Waals surface area contributed by atoms with E-state index >= 15 is 0 Å². The average Bonchev–Trinajstić information content (AvgIpc) is 2.78. The van der Waals surface area contributed by atoms with E-state index in [1.165, 1.54) is 27.8 Å². The molecule has 0 atom stereocenters. The molecule has 6 rings (SSSR count). The Morgan fingerprint density at radius 3 is 1.72 bits per heavy atom. The zero-order valence-corrected chi connectivity index (χ0v) is 15.9. The molecular formula is C25H19N3O. The van der Waals surface area contributed by atoms with E-state index in [0.717, 1.165) is 54.0 Å². The Morgan fingerprint density at radius 1 is 0.621 bits per heavy atom. The third-order valence-electron chi connectivity index (χ3n) is 6.07. The molecule has 0 radical (unpaired) electrons. The summed E-state index contributed by atoms with van der Waals surface area (Å²) in [4.78, 5) is 14.5. The number of hydrogen-bond acceptors (Lipinski definition) is 4. The smallest absolute Gasteiger partial charge is 0.115 e. The molecule has 0 unspecified atom stereocenters. The Morgan fingerprint density at radius 2 is 1.17 bits per heavy atom. The van der Waals surface area contributed by atoms with Crippen molar-refractivity contribution in [3.63, 3.8) is 0 Å². The summed E-state index contributed by atoms with van der Waals surface area (Å²) in [6.45, 7) is 0. The summed E-state index contributed by atoms with van der Waals surface area (Å²) in [5.41, 5.74) is 11.3. The Hall–Kier alpha value is -3.53. The van der Waals surface area contributed by atoms with E-state index in [-0.39, 0.29) is 5.75 Å². The van der Waals surface area contributed by atoms with Gasteiger partial charge in [0.2, 0.25) is 0 Å². The van der Waals surface area contributed by atoms with Crippen molar-refractivity contribution in [2.24, 2.45) is 0 Å². The molecule has 0 saturated carbocycles. The number of benzene rings is 1. The lowest BCUT2D eigenvalue weighted by molar-refractivity contribution is 0.475. The fraction of sp³-hybridized carbons (Fsp3) is 0.160. The van der Waals surface area contributed by atoms with Gasteiger partial charge in [-0.05, 0) is 83.3 Å². The maximum Gasteiger partial charge on any atom is 0.115 e. The number of aromatic nitrogens is 3. The van der Waals surface area contributed by atoms with Gasteiger partial charge in [-0.2, -0.15) is 0 Å². The molecule has 2 aliphatic rings. The van der Waals surface area contributed by atoms with Crippen molar-refractivity contribution >= 4 is 0 Å².